The quantitative estimate of drug-likeness (QED) is 0.364. The van der Waals surface area contributed by atoms with Crippen molar-refractivity contribution in [1.29, 1.82) is 0 Å². The van der Waals surface area contributed by atoms with Gasteiger partial charge in [0.25, 0.3) is 6.43 Å². The van der Waals surface area contributed by atoms with Crippen molar-refractivity contribution in [3.8, 4) is 11.3 Å². The number of nitrogens with one attached hydrogen (secondary N) is 2. The molecule has 4 aromatic heterocycles. The van der Waals surface area contributed by atoms with Crippen molar-refractivity contribution >= 4 is 28.4 Å². The molecule has 1 saturated carbocycles. The van der Waals surface area contributed by atoms with Crippen LogP contribution >= 0.6 is 0 Å². The molecule has 0 saturated heterocycles. The Bertz CT molecular complexity index is 1340. The topological polar surface area (TPSA) is 118 Å². The van der Waals surface area contributed by atoms with Crippen LogP contribution in [0.5, 0.6) is 0 Å². The molecule has 0 aromatic carbocycles. The number of pyridine rings is 1. The maximum atomic E-state index is 12.9. The molecule has 186 valence electrons. The van der Waals surface area contributed by atoms with Gasteiger partial charge in [0.15, 0.2) is 11.5 Å². The van der Waals surface area contributed by atoms with Gasteiger partial charge in [0, 0.05) is 24.8 Å². The number of fused-ring (bicyclic) bond motifs is 2. The second-order valence-corrected chi connectivity index (χ2v) is 9.61. The van der Waals surface area contributed by atoms with E-state index >= 15 is 0 Å². The number of nitrogens with zero attached hydrogens (tertiary/aromatic N) is 7. The Morgan fingerprint density at radius 3 is 2.60 bits per heavy atom. The van der Waals surface area contributed by atoms with E-state index in [0.29, 0.717) is 34.5 Å². The van der Waals surface area contributed by atoms with Gasteiger partial charge in [-0.15, -0.1) is 10.2 Å². The Labute approximate surface area is 200 Å². The molecule has 3 N–H and O–H groups in total. The summed E-state index contributed by atoms with van der Waals surface area (Å²) in [7, 11) is 1.79. The number of alkyl halides is 2. The normalized spacial score (nSPS) is 19.1. The fourth-order valence-corrected chi connectivity index (χ4v) is 4.85. The highest BCUT2D eigenvalue weighted by Gasteiger charge is 2.31. The predicted octanol–water partition coefficient (Wildman–Crippen LogP) is 3.58. The van der Waals surface area contributed by atoms with Gasteiger partial charge in [0.2, 0.25) is 5.95 Å². The Morgan fingerprint density at radius 1 is 1.14 bits per heavy atom. The molecule has 5 rings (SSSR count). The van der Waals surface area contributed by atoms with Crippen molar-refractivity contribution < 1.29 is 13.9 Å². The molecule has 1 aliphatic carbocycles. The zero-order chi connectivity index (χ0) is 24.7. The van der Waals surface area contributed by atoms with E-state index in [1.54, 1.807) is 23.7 Å². The van der Waals surface area contributed by atoms with Gasteiger partial charge in [0.1, 0.15) is 17.6 Å². The van der Waals surface area contributed by atoms with E-state index in [0.717, 1.165) is 41.4 Å². The number of hydrogen-bond donors (Lipinski definition) is 3. The standard InChI is InChI=1S/C23H29F2N9O/c1-23(2,35)13-4-6-14(7-5-13)27-22-29-20(26-3)19-15(10-11-33(19)31-22)16-8-9-17-21(28-16)34(32-30-17)12-18(24)25/h8-11,13-14,18,35H,4-7,12H2,1-3H3,(H2,26,27,29,31). The number of aliphatic hydroxyl groups is 1. The number of hydrogen-bond acceptors (Lipinski definition) is 8. The molecule has 0 spiro atoms. The van der Waals surface area contributed by atoms with Crippen molar-refractivity contribution in [3.63, 3.8) is 0 Å². The van der Waals surface area contributed by atoms with Crippen LogP contribution in [-0.2, 0) is 6.54 Å². The molecule has 10 nitrogen and oxygen atoms in total. The number of aromatic nitrogens is 7. The third-order valence-electron chi connectivity index (χ3n) is 6.75. The minimum atomic E-state index is -2.55. The largest absolute Gasteiger partial charge is 0.390 e. The molecule has 0 unspecified atom stereocenters. The molecule has 0 aliphatic heterocycles. The average molecular weight is 486 g/mol. The Balaban J connectivity index is 1.43. The van der Waals surface area contributed by atoms with Crippen LogP contribution in [0.3, 0.4) is 0 Å². The van der Waals surface area contributed by atoms with Crippen LogP contribution in [0.2, 0.25) is 0 Å². The predicted molar refractivity (Wildman–Crippen MR) is 129 cm³/mol. The molecular weight excluding hydrogens is 456 g/mol. The summed E-state index contributed by atoms with van der Waals surface area (Å²) in [6.45, 7) is 3.18. The van der Waals surface area contributed by atoms with Crippen molar-refractivity contribution in [1.82, 2.24) is 34.6 Å². The third kappa shape index (κ3) is 4.62. The van der Waals surface area contributed by atoms with E-state index in [1.807, 2.05) is 26.1 Å². The van der Waals surface area contributed by atoms with E-state index in [1.165, 1.54) is 0 Å². The molecule has 0 bridgehead atoms. The minimum Gasteiger partial charge on any atom is -0.390 e. The first kappa shape index (κ1) is 23.3. The lowest BCUT2D eigenvalue weighted by Crippen LogP contribution is -2.37. The third-order valence-corrected chi connectivity index (χ3v) is 6.75. The second kappa shape index (κ2) is 8.99. The Hall–Kier alpha value is -3.41. The summed E-state index contributed by atoms with van der Waals surface area (Å²) in [5, 5.41) is 29.3. The number of rotatable bonds is 7. The van der Waals surface area contributed by atoms with Crippen LogP contribution in [0, 0.1) is 5.92 Å². The van der Waals surface area contributed by atoms with Crippen LogP contribution in [-0.4, -0.2) is 64.8 Å². The highest BCUT2D eigenvalue weighted by molar-refractivity contribution is 5.89. The summed E-state index contributed by atoms with van der Waals surface area (Å²) < 4.78 is 28.7. The summed E-state index contributed by atoms with van der Waals surface area (Å²) in [6, 6.07) is 5.61. The molecule has 12 heteroatoms. The molecule has 0 radical (unpaired) electrons. The lowest BCUT2D eigenvalue weighted by molar-refractivity contribution is -0.000419. The van der Waals surface area contributed by atoms with Gasteiger partial charge in [-0.2, -0.15) is 4.98 Å². The van der Waals surface area contributed by atoms with Crippen LogP contribution < -0.4 is 10.6 Å². The molecular formula is C23H29F2N9O. The van der Waals surface area contributed by atoms with Crippen molar-refractivity contribution in [2.45, 2.75) is 64.1 Å². The first-order valence-electron chi connectivity index (χ1n) is 11.8. The molecule has 0 amide bonds. The minimum absolute atomic E-state index is 0.234. The first-order chi connectivity index (χ1) is 16.7. The van der Waals surface area contributed by atoms with E-state index in [9.17, 15) is 13.9 Å². The summed E-state index contributed by atoms with van der Waals surface area (Å²) in [5.41, 5.74) is 2.17. The van der Waals surface area contributed by atoms with Crippen molar-refractivity contribution in [3.05, 3.63) is 24.4 Å². The molecule has 1 aliphatic rings. The number of halogens is 2. The summed E-state index contributed by atoms with van der Waals surface area (Å²) in [4.78, 5) is 9.26. The van der Waals surface area contributed by atoms with Gasteiger partial charge in [-0.25, -0.2) is 23.0 Å². The molecule has 4 heterocycles. The van der Waals surface area contributed by atoms with Gasteiger partial charge in [0.05, 0.1) is 11.3 Å². The van der Waals surface area contributed by atoms with E-state index in [2.05, 4.69) is 36.0 Å². The van der Waals surface area contributed by atoms with Gasteiger partial charge in [-0.3, -0.25) is 0 Å². The smallest absolute Gasteiger partial charge is 0.258 e. The monoisotopic (exact) mass is 485 g/mol. The van der Waals surface area contributed by atoms with E-state index < -0.39 is 18.6 Å². The zero-order valence-electron chi connectivity index (χ0n) is 19.9. The highest BCUT2D eigenvalue weighted by atomic mass is 19.3. The maximum absolute atomic E-state index is 12.9. The van der Waals surface area contributed by atoms with Crippen LogP contribution in [0.1, 0.15) is 39.5 Å². The van der Waals surface area contributed by atoms with Crippen LogP contribution in [0.25, 0.3) is 27.9 Å². The van der Waals surface area contributed by atoms with Gasteiger partial charge < -0.3 is 15.7 Å². The highest BCUT2D eigenvalue weighted by Crippen LogP contribution is 2.34. The molecule has 0 atom stereocenters. The van der Waals surface area contributed by atoms with Crippen LogP contribution in [0.4, 0.5) is 20.5 Å². The number of anilines is 2. The lowest BCUT2D eigenvalue weighted by Gasteiger charge is -2.36. The first-order valence-corrected chi connectivity index (χ1v) is 11.8. The lowest BCUT2D eigenvalue weighted by atomic mass is 9.77. The summed E-state index contributed by atoms with van der Waals surface area (Å²) >= 11 is 0. The Kier molecular flexibility index (Phi) is 5.99. The zero-order valence-corrected chi connectivity index (χ0v) is 19.9. The SMILES string of the molecule is CNc1nc(NC2CCC(C(C)(C)O)CC2)nn2ccc(-c3ccc4nnn(CC(F)F)c4n3)c12. The van der Waals surface area contributed by atoms with Gasteiger partial charge in [-0.05, 0) is 63.6 Å². The van der Waals surface area contributed by atoms with Gasteiger partial charge in [-0.1, -0.05) is 5.21 Å². The summed E-state index contributed by atoms with van der Waals surface area (Å²) in [5.74, 6) is 1.42. The fourth-order valence-electron chi connectivity index (χ4n) is 4.85. The average Bonchev–Trinajstić information content (AvgIpc) is 3.42. The van der Waals surface area contributed by atoms with E-state index in [4.69, 9.17) is 0 Å². The van der Waals surface area contributed by atoms with Gasteiger partial charge >= 0.3 is 0 Å². The maximum Gasteiger partial charge on any atom is 0.258 e. The van der Waals surface area contributed by atoms with Crippen LogP contribution in [0.15, 0.2) is 24.4 Å². The Morgan fingerprint density at radius 2 is 1.91 bits per heavy atom. The van der Waals surface area contributed by atoms with Crippen molar-refractivity contribution in [2.75, 3.05) is 17.7 Å². The van der Waals surface area contributed by atoms with E-state index in [-0.39, 0.29) is 6.04 Å². The molecule has 35 heavy (non-hydrogen) atoms. The second-order valence-electron chi connectivity index (χ2n) is 9.61. The fraction of sp³-hybridized carbons (Fsp3) is 0.522. The molecule has 1 fully saturated rings. The molecule has 4 aromatic rings. The van der Waals surface area contributed by atoms with Crippen molar-refractivity contribution in [2.24, 2.45) is 5.92 Å². The summed E-state index contributed by atoms with van der Waals surface area (Å²) in [6.07, 6.45) is 3.03.